The monoisotopic (exact) mass is 280 g/mol. The molecule has 0 saturated carbocycles. The number of thiazole rings is 1. The number of ether oxygens (including phenoxy) is 1. The van der Waals surface area contributed by atoms with Crippen LogP contribution >= 0.6 is 11.3 Å². The van der Waals surface area contributed by atoms with Crippen LogP contribution in [0.2, 0.25) is 0 Å². The van der Waals surface area contributed by atoms with Crippen LogP contribution in [-0.2, 0) is 4.74 Å². The number of para-hydroxylation sites is 1. The maximum Gasteiger partial charge on any atom is 0.358 e. The summed E-state index contributed by atoms with van der Waals surface area (Å²) >= 11 is 1.28. The number of esters is 1. The number of carbonyl (C=O) groups excluding carboxylic acids is 1. The standard InChI is InChI=1S/C13H13FN2O2S/c1-3-18-12(17)11-8(2)19-13(16-11)15-10-7-5-4-6-9(10)14/h4-7H,3H2,1-2H3,(H,15,16). The average molecular weight is 280 g/mol. The minimum Gasteiger partial charge on any atom is -0.461 e. The van der Waals surface area contributed by atoms with E-state index in [9.17, 15) is 9.18 Å². The van der Waals surface area contributed by atoms with Gasteiger partial charge in [0.1, 0.15) is 5.82 Å². The molecule has 100 valence electrons. The molecule has 6 heteroatoms. The third-order valence-electron chi connectivity index (χ3n) is 2.38. The Labute approximate surface area is 114 Å². The molecule has 0 fully saturated rings. The Morgan fingerprint density at radius 2 is 2.21 bits per heavy atom. The molecule has 0 amide bonds. The van der Waals surface area contributed by atoms with Gasteiger partial charge in [0.05, 0.1) is 12.3 Å². The molecule has 2 rings (SSSR count). The number of hydrogen-bond acceptors (Lipinski definition) is 5. The predicted octanol–water partition coefficient (Wildman–Crippen LogP) is 3.51. The summed E-state index contributed by atoms with van der Waals surface area (Å²) in [6, 6.07) is 6.29. The van der Waals surface area contributed by atoms with Crippen molar-refractivity contribution in [2.75, 3.05) is 11.9 Å². The van der Waals surface area contributed by atoms with Gasteiger partial charge in [0, 0.05) is 4.88 Å². The van der Waals surface area contributed by atoms with Crippen molar-refractivity contribution in [3.8, 4) is 0 Å². The Hall–Kier alpha value is -1.95. The lowest BCUT2D eigenvalue weighted by atomic mass is 10.3. The van der Waals surface area contributed by atoms with Crippen molar-refractivity contribution in [1.29, 1.82) is 0 Å². The first-order chi connectivity index (χ1) is 9.11. The maximum absolute atomic E-state index is 13.5. The summed E-state index contributed by atoms with van der Waals surface area (Å²) in [4.78, 5) is 16.5. The van der Waals surface area contributed by atoms with E-state index in [2.05, 4.69) is 10.3 Å². The summed E-state index contributed by atoms with van der Waals surface area (Å²) in [7, 11) is 0. The number of halogens is 1. The molecular formula is C13H13FN2O2S. The van der Waals surface area contributed by atoms with Crippen LogP contribution in [0.5, 0.6) is 0 Å². The summed E-state index contributed by atoms with van der Waals surface area (Å²) in [6.07, 6.45) is 0. The average Bonchev–Trinajstić information content (AvgIpc) is 2.74. The fourth-order valence-corrected chi connectivity index (χ4v) is 2.33. The molecule has 0 bridgehead atoms. The van der Waals surface area contributed by atoms with Crippen LogP contribution in [0.15, 0.2) is 24.3 Å². The minimum absolute atomic E-state index is 0.269. The van der Waals surface area contributed by atoms with Crippen molar-refractivity contribution >= 4 is 28.1 Å². The van der Waals surface area contributed by atoms with E-state index in [1.165, 1.54) is 17.4 Å². The number of carbonyl (C=O) groups is 1. The number of anilines is 2. The van der Waals surface area contributed by atoms with Crippen LogP contribution in [0.3, 0.4) is 0 Å². The van der Waals surface area contributed by atoms with E-state index in [1.54, 1.807) is 32.0 Å². The van der Waals surface area contributed by atoms with Crippen molar-refractivity contribution < 1.29 is 13.9 Å². The highest BCUT2D eigenvalue weighted by molar-refractivity contribution is 7.15. The summed E-state index contributed by atoms with van der Waals surface area (Å²) in [6.45, 7) is 3.81. The zero-order valence-corrected chi connectivity index (χ0v) is 11.4. The van der Waals surface area contributed by atoms with Crippen LogP contribution in [-0.4, -0.2) is 17.6 Å². The van der Waals surface area contributed by atoms with E-state index in [0.717, 1.165) is 4.88 Å². The zero-order chi connectivity index (χ0) is 13.8. The highest BCUT2D eigenvalue weighted by Gasteiger charge is 2.16. The molecule has 0 aliphatic carbocycles. The Morgan fingerprint density at radius 1 is 1.47 bits per heavy atom. The van der Waals surface area contributed by atoms with Gasteiger partial charge < -0.3 is 10.1 Å². The van der Waals surface area contributed by atoms with Gasteiger partial charge in [-0.2, -0.15) is 0 Å². The summed E-state index contributed by atoms with van der Waals surface area (Å²) in [5.41, 5.74) is 0.595. The van der Waals surface area contributed by atoms with Gasteiger partial charge in [-0.15, -0.1) is 11.3 Å². The van der Waals surface area contributed by atoms with Gasteiger partial charge in [0.15, 0.2) is 10.8 Å². The Morgan fingerprint density at radius 3 is 2.89 bits per heavy atom. The molecule has 0 aliphatic heterocycles. The van der Waals surface area contributed by atoms with E-state index in [1.807, 2.05) is 0 Å². The first-order valence-electron chi connectivity index (χ1n) is 5.78. The zero-order valence-electron chi connectivity index (χ0n) is 10.6. The molecule has 1 N–H and O–H groups in total. The van der Waals surface area contributed by atoms with E-state index in [-0.39, 0.29) is 11.5 Å². The molecule has 2 aromatic rings. The second-order valence-electron chi connectivity index (χ2n) is 3.75. The van der Waals surface area contributed by atoms with Crippen molar-refractivity contribution in [2.24, 2.45) is 0 Å². The molecular weight excluding hydrogens is 267 g/mol. The number of hydrogen-bond donors (Lipinski definition) is 1. The summed E-state index contributed by atoms with van der Waals surface area (Å²) < 4.78 is 18.4. The molecule has 0 spiro atoms. The van der Waals surface area contributed by atoms with Crippen LogP contribution in [0.25, 0.3) is 0 Å². The summed E-state index contributed by atoms with van der Waals surface area (Å²) in [5, 5.41) is 3.32. The molecule has 19 heavy (non-hydrogen) atoms. The topological polar surface area (TPSA) is 51.2 Å². The fraction of sp³-hybridized carbons (Fsp3) is 0.231. The van der Waals surface area contributed by atoms with Crippen LogP contribution in [0.1, 0.15) is 22.3 Å². The Balaban J connectivity index is 2.21. The molecule has 0 saturated heterocycles. The molecule has 4 nitrogen and oxygen atoms in total. The van der Waals surface area contributed by atoms with Crippen LogP contribution < -0.4 is 5.32 Å². The molecule has 1 heterocycles. The molecule has 1 aromatic heterocycles. The van der Waals surface area contributed by atoms with Crippen molar-refractivity contribution in [2.45, 2.75) is 13.8 Å². The third-order valence-corrected chi connectivity index (χ3v) is 3.27. The van der Waals surface area contributed by atoms with Gasteiger partial charge in [-0.3, -0.25) is 0 Å². The van der Waals surface area contributed by atoms with E-state index >= 15 is 0 Å². The number of nitrogens with one attached hydrogen (secondary N) is 1. The van der Waals surface area contributed by atoms with Gasteiger partial charge in [-0.05, 0) is 26.0 Å². The van der Waals surface area contributed by atoms with Gasteiger partial charge in [-0.25, -0.2) is 14.2 Å². The molecule has 0 aliphatic rings. The van der Waals surface area contributed by atoms with Crippen molar-refractivity contribution in [3.63, 3.8) is 0 Å². The predicted molar refractivity (Wildman–Crippen MR) is 72.5 cm³/mol. The van der Waals surface area contributed by atoms with E-state index < -0.39 is 5.97 Å². The highest BCUT2D eigenvalue weighted by atomic mass is 32.1. The maximum atomic E-state index is 13.5. The largest absolute Gasteiger partial charge is 0.461 e. The number of nitrogens with zero attached hydrogens (tertiary/aromatic N) is 1. The number of aromatic nitrogens is 1. The number of rotatable bonds is 4. The van der Waals surface area contributed by atoms with Gasteiger partial charge in [0.2, 0.25) is 0 Å². The minimum atomic E-state index is -0.460. The molecule has 1 aromatic carbocycles. The quantitative estimate of drug-likeness (QED) is 0.871. The Kier molecular flexibility index (Phi) is 4.11. The molecule has 0 radical (unpaired) electrons. The molecule has 0 atom stereocenters. The highest BCUT2D eigenvalue weighted by Crippen LogP contribution is 2.26. The first kappa shape index (κ1) is 13.5. The lowest BCUT2D eigenvalue weighted by Gasteiger charge is -2.02. The second kappa shape index (κ2) is 5.79. The van der Waals surface area contributed by atoms with Gasteiger partial charge >= 0.3 is 5.97 Å². The number of benzene rings is 1. The number of aryl methyl sites for hydroxylation is 1. The SMILES string of the molecule is CCOC(=O)c1nc(Nc2ccccc2F)sc1C. The Bertz CT molecular complexity index is 598. The van der Waals surface area contributed by atoms with E-state index in [4.69, 9.17) is 4.74 Å². The third kappa shape index (κ3) is 3.08. The molecule has 0 unspecified atom stereocenters. The van der Waals surface area contributed by atoms with Gasteiger partial charge in [0.25, 0.3) is 0 Å². The van der Waals surface area contributed by atoms with Crippen LogP contribution in [0.4, 0.5) is 15.2 Å². The first-order valence-corrected chi connectivity index (χ1v) is 6.59. The fourth-order valence-electron chi connectivity index (χ4n) is 1.52. The van der Waals surface area contributed by atoms with Crippen molar-refractivity contribution in [3.05, 3.63) is 40.7 Å². The smallest absolute Gasteiger partial charge is 0.358 e. The van der Waals surface area contributed by atoms with Crippen molar-refractivity contribution in [1.82, 2.24) is 4.98 Å². The van der Waals surface area contributed by atoms with E-state index in [0.29, 0.717) is 17.4 Å². The lowest BCUT2D eigenvalue weighted by Crippen LogP contribution is -2.06. The lowest BCUT2D eigenvalue weighted by molar-refractivity contribution is 0.0519. The van der Waals surface area contributed by atoms with Crippen LogP contribution in [0, 0.1) is 12.7 Å². The summed E-state index contributed by atoms with van der Waals surface area (Å²) in [5.74, 6) is -0.828. The second-order valence-corrected chi connectivity index (χ2v) is 4.95. The van der Waals surface area contributed by atoms with Gasteiger partial charge in [-0.1, -0.05) is 12.1 Å². The normalized spacial score (nSPS) is 10.3.